The first-order valence-corrected chi connectivity index (χ1v) is 11.7. The zero-order valence-electron chi connectivity index (χ0n) is 19.1. The van der Waals surface area contributed by atoms with Gasteiger partial charge in [-0.15, -0.1) is 0 Å². The third-order valence-corrected chi connectivity index (χ3v) is 7.69. The maximum atomic E-state index is 5.95. The predicted octanol–water partition coefficient (Wildman–Crippen LogP) is 6.67. The second-order valence-electron chi connectivity index (χ2n) is 7.99. The number of ether oxygens (including phenoxy) is 2. The van der Waals surface area contributed by atoms with Crippen LogP contribution in [0.2, 0.25) is 0 Å². The number of hydrogen-bond acceptors (Lipinski definition) is 3. The van der Waals surface area contributed by atoms with Gasteiger partial charge in [0, 0.05) is 29.6 Å². The van der Waals surface area contributed by atoms with E-state index in [0.29, 0.717) is 8.58 Å². The first-order chi connectivity index (χ1) is 15.0. The summed E-state index contributed by atoms with van der Waals surface area (Å²) < 4.78 is 11.1. The summed E-state index contributed by atoms with van der Waals surface area (Å²) in [5, 5.41) is 1.29. The Labute approximate surface area is 188 Å². The van der Waals surface area contributed by atoms with Crippen LogP contribution < -0.4 is 10.0 Å². The topological polar surface area (TPSA) is 30.8 Å². The van der Waals surface area contributed by atoms with Crippen molar-refractivity contribution in [3.8, 4) is 5.75 Å². The van der Waals surface area contributed by atoms with Crippen LogP contribution in [0.1, 0.15) is 42.5 Å². The van der Waals surface area contributed by atoms with Gasteiger partial charge in [-0.25, -0.2) is 0 Å². The van der Waals surface area contributed by atoms with E-state index in [4.69, 9.17) is 14.5 Å². The summed E-state index contributed by atoms with van der Waals surface area (Å²) in [7, 11) is 2.23. The second-order valence-corrected chi connectivity index (χ2v) is 9.85. The lowest BCUT2D eigenvalue weighted by molar-refractivity contribution is 0.0500. The van der Waals surface area contributed by atoms with Crippen molar-refractivity contribution in [1.82, 2.24) is 0 Å². The number of nitrogens with zero attached hydrogens (tertiary/aromatic N) is 1. The lowest BCUT2D eigenvalue weighted by Crippen LogP contribution is -2.22. The molecule has 0 fully saturated rings. The zero-order chi connectivity index (χ0) is 22.3. The van der Waals surface area contributed by atoms with Crippen molar-refractivity contribution in [2.75, 3.05) is 13.9 Å². The minimum atomic E-state index is -0.0590. The van der Waals surface area contributed by atoms with Gasteiger partial charge in [-0.3, -0.25) is 4.99 Å². The summed E-state index contributed by atoms with van der Waals surface area (Å²) in [4.78, 5) is 4.72. The van der Waals surface area contributed by atoms with Gasteiger partial charge in [-0.1, -0.05) is 76.5 Å². The minimum absolute atomic E-state index is 0.0590. The molecule has 3 aromatic rings. The van der Waals surface area contributed by atoms with Crippen LogP contribution in [-0.2, 0) is 9.89 Å². The van der Waals surface area contributed by atoms with Crippen LogP contribution in [0.15, 0.2) is 71.7 Å². The van der Waals surface area contributed by atoms with E-state index in [1.165, 1.54) is 27.6 Å². The molecule has 162 valence electrons. The fraction of sp³-hybridized carbons (Fsp3) is 0.296. The van der Waals surface area contributed by atoms with Crippen LogP contribution in [0, 0.1) is 13.8 Å². The number of benzene rings is 3. The first-order valence-electron chi connectivity index (χ1n) is 10.7. The Morgan fingerprint density at radius 1 is 1.00 bits per heavy atom. The number of aliphatic imine (C=N–C) groups is 1. The van der Waals surface area contributed by atoms with Crippen LogP contribution in [0.5, 0.6) is 5.75 Å². The Hall–Kier alpha value is -2.48. The molecule has 0 heterocycles. The van der Waals surface area contributed by atoms with Crippen molar-refractivity contribution in [1.29, 1.82) is 0 Å². The molecule has 0 saturated carbocycles. The maximum absolute atomic E-state index is 5.95. The van der Waals surface area contributed by atoms with Gasteiger partial charge in [-0.2, -0.15) is 0 Å². The predicted molar refractivity (Wildman–Crippen MR) is 134 cm³/mol. The molecular formula is C27H32NO2P. The van der Waals surface area contributed by atoms with E-state index in [1.54, 1.807) is 7.11 Å². The quantitative estimate of drug-likeness (QED) is 0.214. The molecule has 0 amide bonds. The van der Waals surface area contributed by atoms with Crippen LogP contribution in [0.25, 0.3) is 0 Å². The van der Waals surface area contributed by atoms with Crippen molar-refractivity contribution in [2.45, 2.75) is 39.3 Å². The van der Waals surface area contributed by atoms with Gasteiger partial charge in [0.2, 0.25) is 0 Å². The number of hydrogen-bond donors (Lipinski definition) is 0. The van der Waals surface area contributed by atoms with Gasteiger partial charge in [0.05, 0.1) is 5.69 Å². The van der Waals surface area contributed by atoms with Gasteiger partial charge in [0.15, 0.2) is 6.79 Å². The molecule has 4 heteroatoms. The Bertz CT molecular complexity index is 1030. The lowest BCUT2D eigenvalue weighted by Gasteiger charge is -2.32. The molecule has 0 aliphatic heterocycles. The average molecular weight is 434 g/mol. The molecule has 2 atom stereocenters. The third-order valence-electron chi connectivity index (χ3n) is 5.58. The normalized spacial score (nSPS) is 13.7. The van der Waals surface area contributed by atoms with Crippen molar-refractivity contribution in [3.05, 3.63) is 89.0 Å². The lowest BCUT2D eigenvalue weighted by atomic mass is 9.95. The highest BCUT2D eigenvalue weighted by atomic mass is 31.1. The molecule has 3 rings (SSSR count). The molecule has 0 N–H and O–H groups in total. The number of aryl methyl sites for hydroxylation is 2. The Morgan fingerprint density at radius 2 is 1.77 bits per heavy atom. The molecule has 31 heavy (non-hydrogen) atoms. The smallest absolute Gasteiger partial charge is 0.188 e. The zero-order valence-corrected chi connectivity index (χ0v) is 20.1. The molecule has 0 saturated heterocycles. The molecule has 3 aromatic carbocycles. The van der Waals surface area contributed by atoms with E-state index in [0.717, 1.165) is 17.9 Å². The van der Waals surface area contributed by atoms with Crippen LogP contribution in [0.3, 0.4) is 0 Å². The van der Waals surface area contributed by atoms with Crippen LogP contribution >= 0.6 is 8.58 Å². The van der Waals surface area contributed by atoms with Crippen molar-refractivity contribution in [3.63, 3.8) is 0 Å². The Morgan fingerprint density at radius 3 is 2.48 bits per heavy atom. The highest BCUT2D eigenvalue weighted by molar-refractivity contribution is 7.49. The molecule has 0 aliphatic carbocycles. The monoisotopic (exact) mass is 433 g/mol. The highest BCUT2D eigenvalue weighted by Crippen LogP contribution is 2.48. The molecule has 0 bridgehead atoms. The second kappa shape index (κ2) is 10.7. The molecule has 0 aromatic heterocycles. The summed E-state index contributed by atoms with van der Waals surface area (Å²) in [5.74, 6) is 0.900. The Kier molecular flexibility index (Phi) is 8.01. The van der Waals surface area contributed by atoms with E-state index in [9.17, 15) is 0 Å². The van der Waals surface area contributed by atoms with E-state index < -0.39 is 0 Å². The first kappa shape index (κ1) is 23.2. The van der Waals surface area contributed by atoms with Crippen molar-refractivity contribution < 1.29 is 9.47 Å². The number of methoxy groups -OCH3 is 1. The van der Waals surface area contributed by atoms with Gasteiger partial charge in [0.25, 0.3) is 0 Å². The molecule has 2 unspecified atom stereocenters. The van der Waals surface area contributed by atoms with E-state index in [-0.39, 0.29) is 11.9 Å². The van der Waals surface area contributed by atoms with E-state index in [1.807, 2.05) is 36.5 Å². The van der Waals surface area contributed by atoms with E-state index in [2.05, 4.69) is 64.1 Å². The van der Waals surface area contributed by atoms with Crippen molar-refractivity contribution >= 4 is 25.8 Å². The number of para-hydroxylation sites is 1. The highest BCUT2D eigenvalue weighted by Gasteiger charge is 2.30. The largest absolute Gasteiger partial charge is 0.467 e. The Balaban J connectivity index is 2.00. The minimum Gasteiger partial charge on any atom is -0.467 e. The van der Waals surface area contributed by atoms with Gasteiger partial charge in [-0.05, 0) is 49.3 Å². The van der Waals surface area contributed by atoms with Crippen LogP contribution in [-0.4, -0.2) is 20.1 Å². The standard InChI is InChI=1S/C27H32NO2P/c1-6-27(4,24-17-20(2)15-16-25(24)30-19-29-5)31-26-21(3)11-10-12-22(26)18-28-23-13-8-7-9-14-23/h7-18,31H,6,19H2,1-5H3. The van der Waals surface area contributed by atoms with Crippen molar-refractivity contribution in [2.24, 2.45) is 4.99 Å². The van der Waals surface area contributed by atoms with Gasteiger partial charge in [0.1, 0.15) is 5.75 Å². The number of rotatable bonds is 9. The molecule has 3 nitrogen and oxygen atoms in total. The molecule has 0 spiro atoms. The fourth-order valence-corrected chi connectivity index (χ4v) is 5.20. The fourth-order valence-electron chi connectivity index (χ4n) is 3.57. The average Bonchev–Trinajstić information content (AvgIpc) is 2.79. The molecule has 0 radical (unpaired) electrons. The summed E-state index contributed by atoms with van der Waals surface area (Å²) in [6.45, 7) is 9.17. The molecular weight excluding hydrogens is 401 g/mol. The van der Waals surface area contributed by atoms with E-state index >= 15 is 0 Å². The van der Waals surface area contributed by atoms with Crippen LogP contribution in [0.4, 0.5) is 5.69 Å². The SMILES string of the molecule is CCC(C)(Pc1c(C)cccc1C=Nc1ccccc1)c1cc(C)ccc1OCOC. The summed E-state index contributed by atoms with van der Waals surface area (Å²) in [6, 6.07) is 23.0. The summed E-state index contributed by atoms with van der Waals surface area (Å²) in [6.07, 6.45) is 3.00. The maximum Gasteiger partial charge on any atom is 0.188 e. The van der Waals surface area contributed by atoms with Gasteiger partial charge >= 0.3 is 0 Å². The van der Waals surface area contributed by atoms with Gasteiger partial charge < -0.3 is 9.47 Å². The third kappa shape index (κ3) is 5.81. The molecule has 0 aliphatic rings. The summed E-state index contributed by atoms with van der Waals surface area (Å²) in [5.41, 5.74) is 5.90. The summed E-state index contributed by atoms with van der Waals surface area (Å²) >= 11 is 0.